The molecular formula is C22H18N2O2S. The van der Waals surface area contributed by atoms with Crippen molar-refractivity contribution in [3.05, 3.63) is 74.9 Å². The van der Waals surface area contributed by atoms with Gasteiger partial charge in [-0.3, -0.25) is 9.59 Å². The van der Waals surface area contributed by atoms with Crippen LogP contribution in [0.3, 0.4) is 0 Å². The lowest BCUT2D eigenvalue weighted by Crippen LogP contribution is -2.09. The van der Waals surface area contributed by atoms with Gasteiger partial charge in [0.25, 0.3) is 5.56 Å². The van der Waals surface area contributed by atoms with Crippen LogP contribution < -0.4 is 5.56 Å². The second kappa shape index (κ2) is 6.59. The zero-order valence-electron chi connectivity index (χ0n) is 15.3. The molecule has 27 heavy (non-hydrogen) atoms. The van der Waals surface area contributed by atoms with Gasteiger partial charge < -0.3 is 4.98 Å². The molecule has 0 atom stereocenters. The second-order valence-corrected chi connectivity index (χ2v) is 7.53. The molecule has 2 aromatic carbocycles. The minimum atomic E-state index is -0.153. The Morgan fingerprint density at radius 3 is 2.37 bits per heavy atom. The quantitative estimate of drug-likeness (QED) is 0.505. The topological polar surface area (TPSA) is 62.8 Å². The molecule has 0 spiro atoms. The van der Waals surface area contributed by atoms with Crippen LogP contribution in [0.5, 0.6) is 0 Å². The molecule has 0 saturated carbocycles. The minimum Gasteiger partial charge on any atom is -0.306 e. The van der Waals surface area contributed by atoms with Crippen molar-refractivity contribution in [3.8, 4) is 22.5 Å². The van der Waals surface area contributed by atoms with Crippen LogP contribution in [0.1, 0.15) is 28.4 Å². The Morgan fingerprint density at radius 1 is 1.00 bits per heavy atom. The first-order valence-corrected chi connectivity index (χ1v) is 9.52. The van der Waals surface area contributed by atoms with E-state index in [2.05, 4.69) is 35.9 Å². The Morgan fingerprint density at radius 2 is 1.70 bits per heavy atom. The van der Waals surface area contributed by atoms with E-state index in [1.165, 1.54) is 29.4 Å². The van der Waals surface area contributed by atoms with Gasteiger partial charge in [-0.05, 0) is 37.5 Å². The number of carbonyl (C=O) groups is 1. The lowest BCUT2D eigenvalue weighted by atomic mass is 10.0. The third-order valence-electron chi connectivity index (χ3n) is 4.83. The van der Waals surface area contributed by atoms with Crippen LogP contribution >= 0.6 is 11.3 Å². The van der Waals surface area contributed by atoms with Crippen molar-refractivity contribution >= 4 is 27.3 Å². The fourth-order valence-electron chi connectivity index (χ4n) is 3.07. The highest BCUT2D eigenvalue weighted by atomic mass is 32.1. The Kier molecular flexibility index (Phi) is 4.24. The second-order valence-electron chi connectivity index (χ2n) is 6.68. The number of rotatable bonds is 3. The molecule has 4 aromatic rings. The van der Waals surface area contributed by atoms with Crippen molar-refractivity contribution < 1.29 is 4.79 Å². The summed E-state index contributed by atoms with van der Waals surface area (Å²) in [6.07, 6.45) is 0. The molecule has 4 rings (SSSR count). The number of carbonyl (C=O) groups excluding carboxylic acids is 1. The summed E-state index contributed by atoms with van der Waals surface area (Å²) in [5, 5.41) is 2.60. The van der Waals surface area contributed by atoms with Crippen LogP contribution in [-0.2, 0) is 0 Å². The number of hydrogen-bond acceptors (Lipinski definition) is 4. The van der Waals surface area contributed by atoms with Gasteiger partial charge in [0.05, 0.1) is 5.39 Å². The number of Topliss-reactive ketones (excluding diaryl/α,β-unsaturated/α-hetero) is 1. The van der Waals surface area contributed by atoms with Crippen molar-refractivity contribution in [2.45, 2.75) is 20.8 Å². The van der Waals surface area contributed by atoms with Crippen molar-refractivity contribution in [1.82, 2.24) is 9.97 Å². The minimum absolute atomic E-state index is 0.00902. The van der Waals surface area contributed by atoms with Gasteiger partial charge in [-0.15, -0.1) is 11.3 Å². The summed E-state index contributed by atoms with van der Waals surface area (Å²) < 4.78 is 0. The number of aromatic nitrogens is 2. The molecule has 2 aromatic heterocycles. The molecule has 2 heterocycles. The Bertz CT molecular complexity index is 1230. The number of fused-ring (bicyclic) bond motifs is 1. The SMILES string of the molecule is CC(=O)c1ccc(-c2nc3scc(-c4ccc(C)c(C)c4)c3c(=O)[nH]2)cc1. The maximum Gasteiger partial charge on any atom is 0.260 e. The molecule has 0 saturated heterocycles. The van der Waals surface area contributed by atoms with Crippen molar-refractivity contribution in [2.24, 2.45) is 0 Å². The zero-order chi connectivity index (χ0) is 19.1. The van der Waals surface area contributed by atoms with Crippen LogP contribution in [0.4, 0.5) is 0 Å². The van der Waals surface area contributed by atoms with Crippen LogP contribution in [-0.4, -0.2) is 15.8 Å². The molecule has 0 aliphatic rings. The van der Waals surface area contributed by atoms with Gasteiger partial charge in [0.2, 0.25) is 0 Å². The average molecular weight is 374 g/mol. The van der Waals surface area contributed by atoms with Crippen molar-refractivity contribution in [3.63, 3.8) is 0 Å². The number of thiophene rings is 1. The van der Waals surface area contributed by atoms with Crippen LogP contribution in [0.25, 0.3) is 32.7 Å². The largest absolute Gasteiger partial charge is 0.306 e. The Labute approximate surface area is 160 Å². The predicted octanol–water partition coefficient (Wildman–Crippen LogP) is 5.14. The van der Waals surface area contributed by atoms with Gasteiger partial charge in [0.1, 0.15) is 10.7 Å². The summed E-state index contributed by atoms with van der Waals surface area (Å²) in [5.74, 6) is 0.519. The third kappa shape index (κ3) is 3.11. The summed E-state index contributed by atoms with van der Waals surface area (Å²) in [4.78, 5) is 32.5. The molecule has 0 aliphatic carbocycles. The predicted molar refractivity (Wildman–Crippen MR) is 111 cm³/mol. The first kappa shape index (κ1) is 17.4. The first-order chi connectivity index (χ1) is 12.9. The lowest BCUT2D eigenvalue weighted by molar-refractivity contribution is 0.101. The van der Waals surface area contributed by atoms with E-state index in [4.69, 9.17) is 0 Å². The smallest absolute Gasteiger partial charge is 0.260 e. The van der Waals surface area contributed by atoms with E-state index in [0.717, 1.165) is 16.7 Å². The standard InChI is InChI=1S/C22H18N2O2S/c1-12-4-5-17(10-13(12)2)18-11-27-22-19(18)21(26)23-20(24-22)16-8-6-15(7-9-16)14(3)25/h4-11H,1-3H3,(H,23,24,26). The van der Waals surface area contributed by atoms with Crippen molar-refractivity contribution in [1.29, 1.82) is 0 Å². The number of benzene rings is 2. The summed E-state index contributed by atoms with van der Waals surface area (Å²) in [7, 11) is 0. The van der Waals surface area contributed by atoms with E-state index < -0.39 is 0 Å². The number of ketones is 1. The molecule has 4 nitrogen and oxygen atoms in total. The number of H-pyrrole nitrogens is 1. The van der Waals surface area contributed by atoms with Crippen LogP contribution in [0.2, 0.25) is 0 Å². The normalized spacial score (nSPS) is 11.1. The van der Waals surface area contributed by atoms with Crippen molar-refractivity contribution in [2.75, 3.05) is 0 Å². The van der Waals surface area contributed by atoms with E-state index in [9.17, 15) is 9.59 Å². The van der Waals surface area contributed by atoms with Crippen LogP contribution in [0.15, 0.2) is 52.6 Å². The molecule has 0 fully saturated rings. The van der Waals surface area contributed by atoms with Gasteiger partial charge in [0, 0.05) is 22.1 Å². The summed E-state index contributed by atoms with van der Waals surface area (Å²) in [6, 6.07) is 13.3. The molecule has 0 amide bonds. The van der Waals surface area contributed by atoms with Gasteiger partial charge in [-0.25, -0.2) is 4.98 Å². The number of aryl methyl sites for hydroxylation is 2. The Balaban J connectivity index is 1.83. The highest BCUT2D eigenvalue weighted by Gasteiger charge is 2.14. The molecule has 0 bridgehead atoms. The molecule has 0 unspecified atom stereocenters. The fraction of sp³-hybridized carbons (Fsp3) is 0.136. The highest BCUT2D eigenvalue weighted by Crippen LogP contribution is 2.32. The summed E-state index contributed by atoms with van der Waals surface area (Å²) in [6.45, 7) is 5.67. The van der Waals surface area contributed by atoms with E-state index in [1.54, 1.807) is 24.3 Å². The number of nitrogens with zero attached hydrogens (tertiary/aromatic N) is 1. The van der Waals surface area contributed by atoms with Gasteiger partial charge in [-0.2, -0.15) is 0 Å². The highest BCUT2D eigenvalue weighted by molar-refractivity contribution is 7.17. The lowest BCUT2D eigenvalue weighted by Gasteiger charge is -2.05. The molecule has 134 valence electrons. The van der Waals surface area contributed by atoms with E-state index in [-0.39, 0.29) is 11.3 Å². The average Bonchev–Trinajstić information content (AvgIpc) is 3.08. The third-order valence-corrected chi connectivity index (χ3v) is 5.70. The van der Waals surface area contributed by atoms with Gasteiger partial charge >= 0.3 is 0 Å². The molecule has 1 N–H and O–H groups in total. The number of aromatic amines is 1. The monoisotopic (exact) mass is 374 g/mol. The van der Waals surface area contributed by atoms with Gasteiger partial charge in [0.15, 0.2) is 5.78 Å². The molecular weight excluding hydrogens is 356 g/mol. The summed E-state index contributed by atoms with van der Waals surface area (Å²) in [5.41, 5.74) is 5.61. The molecule has 0 aliphatic heterocycles. The first-order valence-electron chi connectivity index (χ1n) is 8.64. The van der Waals surface area contributed by atoms with E-state index >= 15 is 0 Å². The fourth-order valence-corrected chi connectivity index (χ4v) is 4.02. The van der Waals surface area contributed by atoms with Crippen LogP contribution in [0, 0.1) is 13.8 Å². The maximum atomic E-state index is 12.8. The zero-order valence-corrected chi connectivity index (χ0v) is 16.1. The molecule has 5 heteroatoms. The van der Waals surface area contributed by atoms with E-state index in [0.29, 0.717) is 21.6 Å². The Hall–Kier alpha value is -3.05. The molecule has 0 radical (unpaired) electrons. The van der Waals surface area contributed by atoms with E-state index in [1.807, 2.05) is 11.4 Å². The maximum absolute atomic E-state index is 12.8. The van der Waals surface area contributed by atoms with Gasteiger partial charge in [-0.1, -0.05) is 42.5 Å². The number of nitrogens with one attached hydrogen (secondary N) is 1. The summed E-state index contributed by atoms with van der Waals surface area (Å²) >= 11 is 1.46. The number of hydrogen-bond donors (Lipinski definition) is 1.